The standard InChI is InChI=1S/C12H20Se/c1-3-5-6-8-11(4-2)12-9-7-10-13-12/h7,9-11H,3-6,8H2,1-2H3. The van der Waals surface area contributed by atoms with Crippen LogP contribution in [0.25, 0.3) is 0 Å². The summed E-state index contributed by atoms with van der Waals surface area (Å²) in [5.41, 5.74) is 0. The molecule has 0 bridgehead atoms. The van der Waals surface area contributed by atoms with E-state index >= 15 is 0 Å². The third-order valence-corrected chi connectivity index (χ3v) is 4.77. The number of hydrogen-bond donors (Lipinski definition) is 0. The molecule has 0 saturated heterocycles. The molecule has 1 unspecified atom stereocenters. The van der Waals surface area contributed by atoms with Gasteiger partial charge in [0, 0.05) is 0 Å². The summed E-state index contributed by atoms with van der Waals surface area (Å²) in [6, 6.07) is 4.58. The molecule has 0 nitrogen and oxygen atoms in total. The molecule has 0 spiro atoms. The van der Waals surface area contributed by atoms with Crippen LogP contribution in [0.1, 0.15) is 56.3 Å². The van der Waals surface area contributed by atoms with E-state index in [9.17, 15) is 0 Å². The molecule has 0 radical (unpaired) electrons. The van der Waals surface area contributed by atoms with E-state index in [0.717, 1.165) is 5.92 Å². The predicted molar refractivity (Wildman–Crippen MR) is 60.6 cm³/mol. The van der Waals surface area contributed by atoms with Gasteiger partial charge >= 0.3 is 87.9 Å². The molecular formula is C12H20Se. The summed E-state index contributed by atoms with van der Waals surface area (Å²) >= 11 is 0.687. The van der Waals surface area contributed by atoms with E-state index in [1.165, 1.54) is 32.1 Å². The molecule has 1 heterocycles. The zero-order valence-electron chi connectivity index (χ0n) is 8.75. The average molecular weight is 243 g/mol. The van der Waals surface area contributed by atoms with Gasteiger partial charge in [0.2, 0.25) is 0 Å². The number of rotatable bonds is 6. The molecular weight excluding hydrogens is 223 g/mol. The van der Waals surface area contributed by atoms with E-state index < -0.39 is 0 Å². The number of hydrogen-bond acceptors (Lipinski definition) is 0. The van der Waals surface area contributed by atoms with Crippen LogP contribution in [0.3, 0.4) is 0 Å². The molecule has 1 heteroatoms. The average Bonchev–Trinajstić information content (AvgIpc) is 2.65. The van der Waals surface area contributed by atoms with Gasteiger partial charge in [-0.25, -0.2) is 0 Å². The van der Waals surface area contributed by atoms with Gasteiger partial charge in [0.25, 0.3) is 0 Å². The molecule has 1 aromatic rings. The van der Waals surface area contributed by atoms with Gasteiger partial charge < -0.3 is 0 Å². The molecule has 0 saturated carbocycles. The molecule has 1 aromatic heterocycles. The van der Waals surface area contributed by atoms with Gasteiger partial charge in [-0.15, -0.1) is 0 Å². The van der Waals surface area contributed by atoms with Crippen molar-refractivity contribution in [3.05, 3.63) is 21.5 Å². The van der Waals surface area contributed by atoms with E-state index in [2.05, 4.69) is 30.9 Å². The van der Waals surface area contributed by atoms with Crippen molar-refractivity contribution in [3.63, 3.8) is 0 Å². The van der Waals surface area contributed by atoms with Gasteiger partial charge in [-0.05, 0) is 0 Å². The maximum absolute atomic E-state index is 2.35. The molecule has 74 valence electrons. The minimum absolute atomic E-state index is 0.687. The fourth-order valence-corrected chi connectivity index (χ4v) is 3.70. The molecule has 0 aliphatic heterocycles. The van der Waals surface area contributed by atoms with Crippen LogP contribution in [0, 0.1) is 0 Å². The summed E-state index contributed by atoms with van der Waals surface area (Å²) in [5, 5.41) is 0. The molecule has 1 rings (SSSR count). The Balaban J connectivity index is 2.35. The minimum atomic E-state index is 0.687. The first-order valence-corrected chi connectivity index (χ1v) is 7.26. The summed E-state index contributed by atoms with van der Waals surface area (Å²) in [7, 11) is 0. The van der Waals surface area contributed by atoms with Crippen molar-refractivity contribution in [1.29, 1.82) is 0 Å². The summed E-state index contributed by atoms with van der Waals surface area (Å²) < 4.78 is 1.73. The summed E-state index contributed by atoms with van der Waals surface area (Å²) in [6.07, 6.45) is 6.92. The van der Waals surface area contributed by atoms with Gasteiger partial charge in [-0.2, -0.15) is 0 Å². The van der Waals surface area contributed by atoms with Crippen LogP contribution in [0.5, 0.6) is 0 Å². The van der Waals surface area contributed by atoms with Crippen molar-refractivity contribution in [2.45, 2.75) is 51.9 Å². The first-order chi connectivity index (χ1) is 6.38. The van der Waals surface area contributed by atoms with Gasteiger partial charge in [0.05, 0.1) is 0 Å². The maximum atomic E-state index is 2.35. The van der Waals surface area contributed by atoms with Crippen molar-refractivity contribution < 1.29 is 0 Å². The Morgan fingerprint density at radius 2 is 2.15 bits per heavy atom. The van der Waals surface area contributed by atoms with Crippen LogP contribution in [0.4, 0.5) is 0 Å². The van der Waals surface area contributed by atoms with E-state index in [1.807, 2.05) is 0 Å². The van der Waals surface area contributed by atoms with Gasteiger partial charge in [-0.3, -0.25) is 0 Å². The molecule has 0 fully saturated rings. The molecule has 13 heavy (non-hydrogen) atoms. The first-order valence-electron chi connectivity index (χ1n) is 5.41. The monoisotopic (exact) mass is 244 g/mol. The van der Waals surface area contributed by atoms with Crippen molar-refractivity contribution in [1.82, 2.24) is 0 Å². The van der Waals surface area contributed by atoms with Crippen molar-refractivity contribution in [3.8, 4) is 0 Å². The SMILES string of the molecule is CCCCCC(CC)c1ccc[se]1. The Hall–Kier alpha value is -0.000519. The fraction of sp³-hybridized carbons (Fsp3) is 0.667. The van der Waals surface area contributed by atoms with Crippen LogP contribution in [-0.2, 0) is 0 Å². The summed E-state index contributed by atoms with van der Waals surface area (Å²) in [4.78, 5) is 2.34. The van der Waals surface area contributed by atoms with Crippen LogP contribution >= 0.6 is 0 Å². The second-order valence-corrected chi connectivity index (χ2v) is 5.67. The topological polar surface area (TPSA) is 0 Å². The Morgan fingerprint density at radius 1 is 1.31 bits per heavy atom. The molecule has 1 atom stereocenters. The Labute approximate surface area is 88.1 Å². The Bertz CT molecular complexity index is 201. The molecule has 0 N–H and O–H groups in total. The third-order valence-electron chi connectivity index (χ3n) is 2.59. The normalized spacial score (nSPS) is 13.1. The second-order valence-electron chi connectivity index (χ2n) is 3.62. The van der Waals surface area contributed by atoms with Crippen molar-refractivity contribution >= 4 is 14.5 Å². The molecule has 0 aliphatic carbocycles. The van der Waals surface area contributed by atoms with E-state index in [-0.39, 0.29) is 0 Å². The predicted octanol–water partition coefficient (Wildman–Crippen LogP) is 3.82. The van der Waals surface area contributed by atoms with Gasteiger partial charge in [0.1, 0.15) is 0 Å². The third kappa shape index (κ3) is 3.70. The zero-order chi connectivity index (χ0) is 9.52. The van der Waals surface area contributed by atoms with Crippen molar-refractivity contribution in [2.24, 2.45) is 0 Å². The Morgan fingerprint density at radius 3 is 2.69 bits per heavy atom. The molecule has 0 amide bonds. The van der Waals surface area contributed by atoms with Crippen LogP contribution in [-0.4, -0.2) is 14.5 Å². The second kappa shape index (κ2) is 6.45. The summed E-state index contributed by atoms with van der Waals surface area (Å²) in [6.45, 7) is 4.60. The van der Waals surface area contributed by atoms with Crippen LogP contribution < -0.4 is 0 Å². The first kappa shape index (κ1) is 11.1. The quantitative estimate of drug-likeness (QED) is 0.526. The molecule has 0 aliphatic rings. The van der Waals surface area contributed by atoms with Gasteiger partial charge in [0.15, 0.2) is 0 Å². The van der Waals surface area contributed by atoms with E-state index in [1.54, 1.807) is 4.44 Å². The summed E-state index contributed by atoms with van der Waals surface area (Å²) in [5.74, 6) is 0.890. The zero-order valence-corrected chi connectivity index (χ0v) is 10.5. The Kier molecular flexibility index (Phi) is 5.50. The fourth-order valence-electron chi connectivity index (χ4n) is 1.71. The van der Waals surface area contributed by atoms with Crippen LogP contribution in [0.2, 0.25) is 0 Å². The number of unbranched alkanes of at least 4 members (excludes halogenated alkanes) is 2. The van der Waals surface area contributed by atoms with E-state index in [4.69, 9.17) is 0 Å². The molecule has 0 aromatic carbocycles. The van der Waals surface area contributed by atoms with Gasteiger partial charge in [-0.1, -0.05) is 0 Å². The van der Waals surface area contributed by atoms with Crippen LogP contribution in [0.15, 0.2) is 17.1 Å². The van der Waals surface area contributed by atoms with E-state index in [0.29, 0.717) is 14.5 Å². The van der Waals surface area contributed by atoms with Crippen molar-refractivity contribution in [2.75, 3.05) is 0 Å².